The summed E-state index contributed by atoms with van der Waals surface area (Å²) in [5.74, 6) is -0.470. The van der Waals surface area contributed by atoms with E-state index in [2.05, 4.69) is 20.4 Å². The van der Waals surface area contributed by atoms with Crippen molar-refractivity contribution in [2.75, 3.05) is 6.54 Å². The second kappa shape index (κ2) is 8.69. The highest BCUT2D eigenvalue weighted by Crippen LogP contribution is 2.26. The van der Waals surface area contributed by atoms with Crippen molar-refractivity contribution < 1.29 is 9.18 Å². The summed E-state index contributed by atoms with van der Waals surface area (Å²) in [6, 6.07) is 12.0. The molecule has 3 heterocycles. The average molecular weight is 404 g/mol. The minimum Gasteiger partial charge on any atom is -0.349 e. The van der Waals surface area contributed by atoms with Gasteiger partial charge in [0.05, 0.1) is 30.5 Å². The van der Waals surface area contributed by atoms with E-state index in [4.69, 9.17) is 0 Å². The van der Waals surface area contributed by atoms with Crippen LogP contribution in [0.1, 0.15) is 17.4 Å². The Morgan fingerprint density at radius 1 is 1.10 bits per heavy atom. The fourth-order valence-electron chi connectivity index (χ4n) is 3.22. The Kier molecular flexibility index (Phi) is 5.65. The zero-order valence-corrected chi connectivity index (χ0v) is 16.5. The first-order valence-corrected chi connectivity index (χ1v) is 9.68. The lowest BCUT2D eigenvalue weighted by Gasteiger charge is -2.09. The Labute approximate surface area is 173 Å². The van der Waals surface area contributed by atoms with Crippen LogP contribution in [-0.2, 0) is 13.1 Å². The van der Waals surface area contributed by atoms with Crippen LogP contribution in [-0.4, -0.2) is 36.8 Å². The van der Waals surface area contributed by atoms with Crippen molar-refractivity contribution in [1.82, 2.24) is 29.6 Å². The third kappa shape index (κ3) is 4.12. The number of benzene rings is 1. The van der Waals surface area contributed by atoms with E-state index in [1.165, 1.54) is 12.1 Å². The van der Waals surface area contributed by atoms with Crippen molar-refractivity contribution >= 4 is 5.91 Å². The minimum absolute atomic E-state index is 0.178. The van der Waals surface area contributed by atoms with Crippen LogP contribution < -0.4 is 5.32 Å². The third-order valence-electron chi connectivity index (χ3n) is 4.77. The maximum absolute atomic E-state index is 13.3. The van der Waals surface area contributed by atoms with Gasteiger partial charge in [-0.3, -0.25) is 14.5 Å². The van der Waals surface area contributed by atoms with E-state index < -0.39 is 0 Å². The van der Waals surface area contributed by atoms with Crippen molar-refractivity contribution in [1.29, 1.82) is 0 Å². The van der Waals surface area contributed by atoms with Crippen LogP contribution in [0.15, 0.2) is 67.4 Å². The molecule has 1 N–H and O–H groups in total. The number of carbonyl (C=O) groups excluding carboxylic acids is 1. The summed E-state index contributed by atoms with van der Waals surface area (Å²) < 4.78 is 16.9. The second-order valence-electron chi connectivity index (χ2n) is 6.71. The number of hydrogen-bond donors (Lipinski definition) is 1. The van der Waals surface area contributed by atoms with E-state index in [-0.39, 0.29) is 11.7 Å². The third-order valence-corrected chi connectivity index (χ3v) is 4.77. The number of imidazole rings is 1. The molecule has 4 aromatic rings. The molecule has 3 aromatic heterocycles. The Balaban J connectivity index is 1.55. The molecule has 0 saturated heterocycles. The first-order valence-electron chi connectivity index (χ1n) is 9.68. The van der Waals surface area contributed by atoms with Gasteiger partial charge in [0.2, 0.25) is 0 Å². The zero-order valence-electron chi connectivity index (χ0n) is 16.5. The predicted molar refractivity (Wildman–Crippen MR) is 111 cm³/mol. The normalized spacial score (nSPS) is 10.9. The van der Waals surface area contributed by atoms with Crippen LogP contribution in [0.4, 0.5) is 4.39 Å². The van der Waals surface area contributed by atoms with Crippen molar-refractivity contribution in [3.05, 3.63) is 78.9 Å². The molecule has 7 nitrogen and oxygen atoms in total. The van der Waals surface area contributed by atoms with E-state index in [1.807, 2.05) is 29.8 Å². The van der Waals surface area contributed by atoms with Crippen LogP contribution in [0.25, 0.3) is 22.5 Å². The van der Waals surface area contributed by atoms with Gasteiger partial charge in [-0.2, -0.15) is 5.10 Å². The maximum Gasteiger partial charge on any atom is 0.269 e. The van der Waals surface area contributed by atoms with Crippen molar-refractivity contribution in [3.63, 3.8) is 0 Å². The number of halogens is 1. The van der Waals surface area contributed by atoms with E-state index in [1.54, 1.807) is 41.6 Å². The summed E-state index contributed by atoms with van der Waals surface area (Å²) in [6.45, 7) is 3.50. The molecule has 0 fully saturated rings. The highest BCUT2D eigenvalue weighted by Gasteiger charge is 2.14. The molecule has 0 aliphatic rings. The monoisotopic (exact) mass is 404 g/mol. The smallest absolute Gasteiger partial charge is 0.269 e. The van der Waals surface area contributed by atoms with Gasteiger partial charge in [-0.1, -0.05) is 0 Å². The van der Waals surface area contributed by atoms with Gasteiger partial charge in [-0.15, -0.1) is 0 Å². The standard InChI is InChI=1S/C22H21FN6O/c1-2-28-15-25-14-21(28)22(30)26-10-11-29-20(17-4-3-9-24-13-17)12-19(27-29)16-5-7-18(23)8-6-16/h3-9,12-15H,2,10-11H2,1H3,(H,26,30). The van der Waals surface area contributed by atoms with Gasteiger partial charge in [0.15, 0.2) is 0 Å². The van der Waals surface area contributed by atoms with Crippen molar-refractivity contribution in [2.45, 2.75) is 20.0 Å². The van der Waals surface area contributed by atoms with E-state index in [0.29, 0.717) is 25.3 Å². The van der Waals surface area contributed by atoms with Gasteiger partial charge in [-0.05, 0) is 49.4 Å². The molecule has 1 amide bonds. The molecule has 1 aromatic carbocycles. The molecular weight excluding hydrogens is 383 g/mol. The molecule has 0 atom stereocenters. The zero-order chi connectivity index (χ0) is 20.9. The van der Waals surface area contributed by atoms with E-state index in [9.17, 15) is 9.18 Å². The largest absolute Gasteiger partial charge is 0.349 e. The highest BCUT2D eigenvalue weighted by atomic mass is 19.1. The predicted octanol–water partition coefficient (Wildman–Crippen LogP) is 3.40. The number of rotatable bonds is 7. The van der Waals surface area contributed by atoms with Crippen LogP contribution in [0.3, 0.4) is 0 Å². The quantitative estimate of drug-likeness (QED) is 0.512. The summed E-state index contributed by atoms with van der Waals surface area (Å²) in [5.41, 5.74) is 3.85. The molecule has 4 rings (SSSR count). The molecule has 0 radical (unpaired) electrons. The molecule has 0 bridgehead atoms. The Morgan fingerprint density at radius 3 is 2.67 bits per heavy atom. The second-order valence-corrected chi connectivity index (χ2v) is 6.71. The number of nitrogens with one attached hydrogen (secondary N) is 1. The highest BCUT2D eigenvalue weighted by molar-refractivity contribution is 5.92. The number of aromatic nitrogens is 5. The van der Waals surface area contributed by atoms with E-state index >= 15 is 0 Å². The van der Waals surface area contributed by atoms with Gasteiger partial charge < -0.3 is 9.88 Å². The lowest BCUT2D eigenvalue weighted by atomic mass is 10.1. The average Bonchev–Trinajstić information content (AvgIpc) is 3.42. The van der Waals surface area contributed by atoms with Crippen LogP contribution in [0.2, 0.25) is 0 Å². The summed E-state index contributed by atoms with van der Waals surface area (Å²) in [4.78, 5) is 20.7. The Morgan fingerprint density at radius 2 is 1.93 bits per heavy atom. The van der Waals surface area contributed by atoms with Gasteiger partial charge in [0, 0.05) is 36.6 Å². The lowest BCUT2D eigenvalue weighted by molar-refractivity contribution is 0.0943. The molecule has 0 unspecified atom stereocenters. The van der Waals surface area contributed by atoms with Gasteiger partial charge >= 0.3 is 0 Å². The summed E-state index contributed by atoms with van der Waals surface area (Å²) in [6.07, 6.45) is 6.67. The molecule has 0 aliphatic carbocycles. The summed E-state index contributed by atoms with van der Waals surface area (Å²) >= 11 is 0. The molecular formula is C22H21FN6O. The van der Waals surface area contributed by atoms with Gasteiger partial charge in [0.1, 0.15) is 11.5 Å². The SMILES string of the molecule is CCn1cncc1C(=O)NCCn1nc(-c2ccc(F)cc2)cc1-c1cccnc1. The number of hydrogen-bond acceptors (Lipinski definition) is 4. The topological polar surface area (TPSA) is 77.6 Å². The first-order chi connectivity index (χ1) is 14.7. The van der Waals surface area contributed by atoms with Crippen LogP contribution >= 0.6 is 0 Å². The number of carbonyl (C=O) groups is 1. The number of aryl methyl sites for hydroxylation is 1. The summed E-state index contributed by atoms with van der Waals surface area (Å²) in [7, 11) is 0. The fourth-order valence-corrected chi connectivity index (χ4v) is 3.22. The maximum atomic E-state index is 13.3. The molecule has 30 heavy (non-hydrogen) atoms. The van der Waals surface area contributed by atoms with Gasteiger partial charge in [0.25, 0.3) is 5.91 Å². The number of pyridine rings is 1. The van der Waals surface area contributed by atoms with Crippen LogP contribution in [0, 0.1) is 5.82 Å². The lowest BCUT2D eigenvalue weighted by Crippen LogP contribution is -2.29. The molecule has 8 heteroatoms. The first kappa shape index (κ1) is 19.5. The summed E-state index contributed by atoms with van der Waals surface area (Å²) in [5, 5.41) is 7.60. The molecule has 0 spiro atoms. The number of nitrogens with zero attached hydrogens (tertiary/aromatic N) is 5. The van der Waals surface area contributed by atoms with Crippen LogP contribution in [0.5, 0.6) is 0 Å². The number of amides is 1. The van der Waals surface area contributed by atoms with Gasteiger partial charge in [-0.25, -0.2) is 9.37 Å². The van der Waals surface area contributed by atoms with E-state index in [0.717, 1.165) is 22.5 Å². The molecule has 0 saturated carbocycles. The van der Waals surface area contributed by atoms with Crippen molar-refractivity contribution in [3.8, 4) is 22.5 Å². The Hall–Kier alpha value is -3.81. The van der Waals surface area contributed by atoms with Crippen molar-refractivity contribution in [2.24, 2.45) is 0 Å². The minimum atomic E-state index is -0.292. The molecule has 152 valence electrons. The Bertz CT molecular complexity index is 1130. The fraction of sp³-hybridized carbons (Fsp3) is 0.182. The molecule has 0 aliphatic heterocycles.